The number of anilines is 1. The number of sulfonamides is 1. The molecule has 160 valence electrons. The van der Waals surface area contributed by atoms with Crippen molar-refractivity contribution in [2.24, 2.45) is 0 Å². The molecule has 1 aliphatic heterocycles. The summed E-state index contributed by atoms with van der Waals surface area (Å²) in [6.07, 6.45) is 6.02. The molecule has 0 aliphatic carbocycles. The predicted octanol–water partition coefficient (Wildman–Crippen LogP) is 4.56. The number of aryl methyl sites for hydroxylation is 1. The topological polar surface area (TPSA) is 79.4 Å². The summed E-state index contributed by atoms with van der Waals surface area (Å²) in [5.74, 6) is -0.221. The van der Waals surface area contributed by atoms with Gasteiger partial charge >= 0.3 is 0 Å². The first-order valence-electron chi connectivity index (χ1n) is 10.4. The molecule has 1 aromatic heterocycles. The Morgan fingerprint density at radius 1 is 1.03 bits per heavy atom. The van der Waals surface area contributed by atoms with Gasteiger partial charge in [0, 0.05) is 30.2 Å². The zero-order valence-corrected chi connectivity index (χ0v) is 18.2. The van der Waals surface area contributed by atoms with E-state index in [4.69, 9.17) is 0 Å². The highest BCUT2D eigenvalue weighted by atomic mass is 32.2. The van der Waals surface area contributed by atoms with Gasteiger partial charge in [-0.25, -0.2) is 8.42 Å². The van der Waals surface area contributed by atoms with Crippen LogP contribution in [0.25, 0.3) is 0 Å². The molecule has 1 aliphatic rings. The van der Waals surface area contributed by atoms with Gasteiger partial charge < -0.3 is 5.32 Å². The van der Waals surface area contributed by atoms with Gasteiger partial charge in [0.1, 0.15) is 0 Å². The smallest absolute Gasteiger partial charge is 0.255 e. The van der Waals surface area contributed by atoms with Crippen LogP contribution in [0.1, 0.15) is 46.8 Å². The fourth-order valence-electron chi connectivity index (χ4n) is 3.97. The number of rotatable bonds is 5. The number of hydrogen-bond acceptors (Lipinski definition) is 4. The van der Waals surface area contributed by atoms with Crippen LogP contribution in [0.5, 0.6) is 0 Å². The second-order valence-electron chi connectivity index (χ2n) is 7.71. The highest BCUT2D eigenvalue weighted by molar-refractivity contribution is 7.89. The second kappa shape index (κ2) is 8.99. The molecule has 1 fully saturated rings. The Morgan fingerprint density at radius 2 is 1.81 bits per heavy atom. The Labute approximate surface area is 183 Å². The number of piperidine rings is 1. The van der Waals surface area contributed by atoms with E-state index in [0.717, 1.165) is 30.4 Å². The van der Waals surface area contributed by atoms with Gasteiger partial charge in [0.15, 0.2) is 0 Å². The van der Waals surface area contributed by atoms with Crippen LogP contribution in [0.15, 0.2) is 78.0 Å². The average Bonchev–Trinajstić information content (AvgIpc) is 2.80. The maximum Gasteiger partial charge on any atom is 0.255 e. The molecule has 1 atom stereocenters. The second-order valence-corrected chi connectivity index (χ2v) is 9.60. The molecule has 2 aromatic carbocycles. The predicted molar refractivity (Wildman–Crippen MR) is 120 cm³/mol. The van der Waals surface area contributed by atoms with E-state index in [1.807, 2.05) is 37.3 Å². The highest BCUT2D eigenvalue weighted by Gasteiger charge is 2.34. The first kappa shape index (κ1) is 21.2. The lowest BCUT2D eigenvalue weighted by molar-refractivity contribution is 0.102. The fraction of sp³-hybridized carbons (Fsp3) is 0.250. The third-order valence-corrected chi connectivity index (χ3v) is 7.55. The third-order valence-electron chi connectivity index (χ3n) is 5.63. The minimum Gasteiger partial charge on any atom is -0.322 e. The summed E-state index contributed by atoms with van der Waals surface area (Å²) in [7, 11) is -3.67. The van der Waals surface area contributed by atoms with E-state index in [1.54, 1.807) is 47.0 Å². The Hall–Kier alpha value is -3.03. The molecule has 0 saturated carbocycles. The normalized spacial score (nSPS) is 17.3. The average molecular weight is 436 g/mol. The first-order valence-corrected chi connectivity index (χ1v) is 11.8. The number of nitrogens with one attached hydrogen (secondary N) is 1. The largest absolute Gasteiger partial charge is 0.322 e. The van der Waals surface area contributed by atoms with Crippen molar-refractivity contribution in [1.82, 2.24) is 9.29 Å². The highest BCUT2D eigenvalue weighted by Crippen LogP contribution is 2.35. The van der Waals surface area contributed by atoms with Gasteiger partial charge in [-0.15, -0.1) is 0 Å². The Bertz CT molecular complexity index is 1160. The Morgan fingerprint density at radius 3 is 2.52 bits per heavy atom. The lowest BCUT2D eigenvalue weighted by atomic mass is 9.99. The molecule has 0 bridgehead atoms. The van der Waals surface area contributed by atoms with E-state index in [1.165, 1.54) is 0 Å². The van der Waals surface area contributed by atoms with Gasteiger partial charge in [-0.05, 0) is 67.3 Å². The molecule has 6 nitrogen and oxygen atoms in total. The van der Waals surface area contributed by atoms with Gasteiger partial charge in [0.25, 0.3) is 5.91 Å². The Balaban J connectivity index is 1.55. The van der Waals surface area contributed by atoms with E-state index < -0.39 is 10.0 Å². The lowest BCUT2D eigenvalue weighted by Crippen LogP contribution is -2.38. The molecule has 7 heteroatoms. The van der Waals surface area contributed by atoms with Crippen molar-refractivity contribution in [3.8, 4) is 0 Å². The molecule has 1 amide bonds. The molecule has 0 radical (unpaired) electrons. The Kier molecular flexibility index (Phi) is 6.15. The zero-order chi connectivity index (χ0) is 21.8. The van der Waals surface area contributed by atoms with Gasteiger partial charge in [-0.3, -0.25) is 9.78 Å². The van der Waals surface area contributed by atoms with Crippen molar-refractivity contribution in [2.45, 2.75) is 37.1 Å². The van der Waals surface area contributed by atoms with Crippen LogP contribution < -0.4 is 5.32 Å². The van der Waals surface area contributed by atoms with Crippen molar-refractivity contribution in [1.29, 1.82) is 0 Å². The van der Waals surface area contributed by atoms with Crippen LogP contribution >= 0.6 is 0 Å². The maximum absolute atomic E-state index is 13.4. The van der Waals surface area contributed by atoms with Crippen molar-refractivity contribution >= 4 is 21.6 Å². The van der Waals surface area contributed by atoms with E-state index in [9.17, 15) is 13.2 Å². The molecular formula is C24H25N3O3S. The minimum atomic E-state index is -3.67. The SMILES string of the molecule is Cc1ccccc1C(=O)Nc1ccc(S(=O)(=O)N2CCCC[C@@H]2c2cccnc2)cc1. The first-order chi connectivity index (χ1) is 15.0. The van der Waals surface area contributed by atoms with Gasteiger partial charge in [0.2, 0.25) is 10.0 Å². The molecule has 1 N–H and O–H groups in total. The minimum absolute atomic E-state index is 0.215. The van der Waals surface area contributed by atoms with Crippen LogP contribution in [-0.4, -0.2) is 30.2 Å². The van der Waals surface area contributed by atoms with Crippen LogP contribution in [0.2, 0.25) is 0 Å². The summed E-state index contributed by atoms with van der Waals surface area (Å²) in [6, 6.07) is 17.2. The van der Waals surface area contributed by atoms with Gasteiger partial charge in [-0.1, -0.05) is 30.7 Å². The molecule has 1 saturated heterocycles. The lowest BCUT2D eigenvalue weighted by Gasteiger charge is -2.34. The molecule has 4 rings (SSSR count). The summed E-state index contributed by atoms with van der Waals surface area (Å²) in [5, 5.41) is 2.84. The molecule has 2 heterocycles. The number of amides is 1. The van der Waals surface area contributed by atoms with Crippen LogP contribution in [0.4, 0.5) is 5.69 Å². The van der Waals surface area contributed by atoms with Crippen LogP contribution in [0, 0.1) is 6.92 Å². The third kappa shape index (κ3) is 4.52. The fourth-order valence-corrected chi connectivity index (χ4v) is 5.65. The summed E-state index contributed by atoms with van der Waals surface area (Å²) >= 11 is 0. The monoisotopic (exact) mass is 435 g/mol. The number of pyridine rings is 1. The number of carbonyl (C=O) groups is 1. The summed E-state index contributed by atoms with van der Waals surface area (Å²) in [5.41, 5.74) is 2.93. The van der Waals surface area contributed by atoms with Crippen molar-refractivity contribution in [2.75, 3.05) is 11.9 Å². The molecular weight excluding hydrogens is 410 g/mol. The van der Waals surface area contributed by atoms with Crippen molar-refractivity contribution < 1.29 is 13.2 Å². The number of benzene rings is 2. The summed E-state index contributed by atoms with van der Waals surface area (Å²) in [6.45, 7) is 2.36. The van der Waals surface area contributed by atoms with Gasteiger partial charge in [-0.2, -0.15) is 4.31 Å². The summed E-state index contributed by atoms with van der Waals surface area (Å²) < 4.78 is 28.4. The molecule has 0 spiro atoms. The zero-order valence-electron chi connectivity index (χ0n) is 17.4. The van der Waals surface area contributed by atoms with Crippen LogP contribution in [-0.2, 0) is 10.0 Å². The maximum atomic E-state index is 13.4. The van der Waals surface area contributed by atoms with E-state index in [0.29, 0.717) is 17.8 Å². The number of aromatic nitrogens is 1. The van der Waals surface area contributed by atoms with Crippen LogP contribution in [0.3, 0.4) is 0 Å². The quantitative estimate of drug-likeness (QED) is 0.637. The van der Waals surface area contributed by atoms with Crippen molar-refractivity contribution in [3.05, 3.63) is 89.7 Å². The number of carbonyl (C=O) groups excluding carboxylic acids is 1. The van der Waals surface area contributed by atoms with E-state index in [2.05, 4.69) is 10.3 Å². The number of hydrogen-bond donors (Lipinski definition) is 1. The standard InChI is InChI=1S/C24H25N3O3S/c1-18-7-2-3-9-22(18)24(28)26-20-11-13-21(14-12-20)31(29,30)27-16-5-4-10-23(27)19-8-6-15-25-17-19/h2-3,6-9,11-15,17,23H,4-5,10,16H2,1H3,(H,26,28)/t23-/m1/s1. The molecule has 3 aromatic rings. The van der Waals surface area contributed by atoms with Gasteiger partial charge in [0.05, 0.1) is 10.9 Å². The molecule has 31 heavy (non-hydrogen) atoms. The summed E-state index contributed by atoms with van der Waals surface area (Å²) in [4.78, 5) is 16.9. The number of nitrogens with zero attached hydrogens (tertiary/aromatic N) is 2. The van der Waals surface area contributed by atoms with Crippen molar-refractivity contribution in [3.63, 3.8) is 0 Å². The van der Waals surface area contributed by atoms with E-state index in [-0.39, 0.29) is 16.8 Å². The van der Waals surface area contributed by atoms with E-state index >= 15 is 0 Å². The molecule has 0 unspecified atom stereocenters.